The number of carbonyl (C=O) groups excluding carboxylic acids is 1. The molecule has 1 aromatic carbocycles. The van der Waals surface area contributed by atoms with Crippen LogP contribution in [0.3, 0.4) is 0 Å². The normalized spacial score (nSPS) is 10.3. The summed E-state index contributed by atoms with van der Waals surface area (Å²) in [5.41, 5.74) is 3.91. The highest BCUT2D eigenvalue weighted by Gasteiger charge is 2.07. The first-order valence-corrected chi connectivity index (χ1v) is 9.07. The Morgan fingerprint density at radius 2 is 2.20 bits per heavy atom. The van der Waals surface area contributed by atoms with Gasteiger partial charge < -0.3 is 5.32 Å². The predicted octanol–water partition coefficient (Wildman–Crippen LogP) is 2.95. The standard InChI is InChI=1S/C19H17BrN4O/c1-14-5-6-16(19(25)21-10-3-9-20)12-15(14)7-8-17-13-22-18-4-2-11-23-24(17)18/h2,4-6,11-13H,3,9-10H2,1H3,(H,21,25). The van der Waals surface area contributed by atoms with Crippen molar-refractivity contribution in [2.75, 3.05) is 11.9 Å². The molecule has 0 aliphatic rings. The molecule has 0 spiro atoms. The molecule has 6 heteroatoms. The molecule has 0 bridgehead atoms. The summed E-state index contributed by atoms with van der Waals surface area (Å²) in [5, 5.41) is 8.01. The van der Waals surface area contributed by atoms with Crippen LogP contribution < -0.4 is 5.32 Å². The van der Waals surface area contributed by atoms with E-state index < -0.39 is 0 Å². The molecule has 0 aliphatic carbocycles. The number of aromatic nitrogens is 3. The van der Waals surface area contributed by atoms with Crippen LogP contribution in [0.5, 0.6) is 0 Å². The van der Waals surface area contributed by atoms with Gasteiger partial charge in [0.2, 0.25) is 0 Å². The van der Waals surface area contributed by atoms with Crippen molar-refractivity contribution >= 4 is 27.5 Å². The van der Waals surface area contributed by atoms with Crippen molar-refractivity contribution in [3.8, 4) is 11.8 Å². The third kappa shape index (κ3) is 4.06. The summed E-state index contributed by atoms with van der Waals surface area (Å²) in [6.45, 7) is 2.62. The number of alkyl halides is 1. The van der Waals surface area contributed by atoms with E-state index in [1.54, 1.807) is 16.9 Å². The second-order valence-corrected chi connectivity index (χ2v) is 6.31. The van der Waals surface area contributed by atoms with E-state index in [2.05, 4.69) is 43.2 Å². The topological polar surface area (TPSA) is 59.3 Å². The Hall–Kier alpha value is -2.65. The minimum Gasteiger partial charge on any atom is -0.352 e. The van der Waals surface area contributed by atoms with E-state index >= 15 is 0 Å². The smallest absolute Gasteiger partial charge is 0.251 e. The summed E-state index contributed by atoms with van der Waals surface area (Å²) in [4.78, 5) is 16.5. The molecule has 0 radical (unpaired) electrons. The van der Waals surface area contributed by atoms with Gasteiger partial charge in [-0.2, -0.15) is 5.10 Å². The van der Waals surface area contributed by atoms with Gasteiger partial charge in [0.15, 0.2) is 5.65 Å². The lowest BCUT2D eigenvalue weighted by Gasteiger charge is -2.06. The van der Waals surface area contributed by atoms with E-state index in [1.165, 1.54) is 0 Å². The van der Waals surface area contributed by atoms with E-state index in [-0.39, 0.29) is 5.91 Å². The number of fused-ring (bicyclic) bond motifs is 1. The maximum Gasteiger partial charge on any atom is 0.251 e. The summed E-state index contributed by atoms with van der Waals surface area (Å²) >= 11 is 3.35. The van der Waals surface area contributed by atoms with Crippen LogP contribution in [-0.4, -0.2) is 32.4 Å². The SMILES string of the molecule is Cc1ccc(C(=O)NCCCBr)cc1C#Cc1cnc2cccnn12. The van der Waals surface area contributed by atoms with E-state index in [4.69, 9.17) is 0 Å². The van der Waals surface area contributed by atoms with Crippen LogP contribution in [0.2, 0.25) is 0 Å². The Morgan fingerprint density at radius 3 is 3.04 bits per heavy atom. The third-order valence-electron chi connectivity index (χ3n) is 3.70. The van der Waals surface area contributed by atoms with Crippen molar-refractivity contribution in [2.24, 2.45) is 0 Å². The summed E-state index contributed by atoms with van der Waals surface area (Å²) in [6, 6.07) is 9.26. The molecule has 0 atom stereocenters. The van der Waals surface area contributed by atoms with Crippen LogP contribution in [0.15, 0.2) is 42.7 Å². The van der Waals surface area contributed by atoms with Crippen molar-refractivity contribution in [2.45, 2.75) is 13.3 Å². The maximum absolute atomic E-state index is 12.2. The second kappa shape index (κ2) is 7.95. The molecule has 25 heavy (non-hydrogen) atoms. The average Bonchev–Trinajstić information content (AvgIpc) is 3.04. The number of nitrogens with one attached hydrogen (secondary N) is 1. The molecule has 2 heterocycles. The van der Waals surface area contributed by atoms with Gasteiger partial charge in [-0.05, 0) is 49.1 Å². The number of aryl methyl sites for hydroxylation is 1. The molecule has 0 saturated carbocycles. The highest BCUT2D eigenvalue weighted by Crippen LogP contribution is 2.11. The number of hydrogen-bond donors (Lipinski definition) is 1. The fourth-order valence-corrected chi connectivity index (χ4v) is 2.59. The van der Waals surface area contributed by atoms with Gasteiger partial charge in [0.05, 0.1) is 6.20 Å². The van der Waals surface area contributed by atoms with E-state index in [1.807, 2.05) is 37.3 Å². The zero-order valence-corrected chi connectivity index (χ0v) is 15.4. The van der Waals surface area contributed by atoms with Gasteiger partial charge in [-0.25, -0.2) is 9.50 Å². The number of hydrogen-bond acceptors (Lipinski definition) is 3. The first-order valence-electron chi connectivity index (χ1n) is 7.94. The lowest BCUT2D eigenvalue weighted by atomic mass is 10.0. The van der Waals surface area contributed by atoms with Gasteiger partial charge in [-0.1, -0.05) is 27.9 Å². The van der Waals surface area contributed by atoms with Gasteiger partial charge in [0.25, 0.3) is 5.91 Å². The molecule has 0 aliphatic heterocycles. The van der Waals surface area contributed by atoms with Crippen molar-refractivity contribution in [3.63, 3.8) is 0 Å². The number of rotatable bonds is 4. The Morgan fingerprint density at radius 1 is 1.32 bits per heavy atom. The quantitative estimate of drug-likeness (QED) is 0.419. The van der Waals surface area contributed by atoms with Crippen LogP contribution in [0.4, 0.5) is 0 Å². The summed E-state index contributed by atoms with van der Waals surface area (Å²) in [7, 11) is 0. The lowest BCUT2D eigenvalue weighted by molar-refractivity contribution is 0.0954. The second-order valence-electron chi connectivity index (χ2n) is 5.52. The lowest BCUT2D eigenvalue weighted by Crippen LogP contribution is -2.24. The van der Waals surface area contributed by atoms with Crippen molar-refractivity contribution < 1.29 is 4.79 Å². The van der Waals surface area contributed by atoms with Gasteiger partial charge in [-0.3, -0.25) is 4.79 Å². The molecule has 1 N–H and O–H groups in total. The summed E-state index contributed by atoms with van der Waals surface area (Å²) < 4.78 is 1.69. The predicted molar refractivity (Wildman–Crippen MR) is 101 cm³/mol. The molecule has 3 aromatic rings. The molecule has 3 rings (SSSR count). The summed E-state index contributed by atoms with van der Waals surface area (Å²) in [6.07, 6.45) is 4.29. The summed E-state index contributed by atoms with van der Waals surface area (Å²) in [5.74, 6) is 6.14. The van der Waals surface area contributed by atoms with Crippen molar-refractivity contribution in [1.29, 1.82) is 0 Å². The first-order chi connectivity index (χ1) is 12.2. The largest absolute Gasteiger partial charge is 0.352 e. The van der Waals surface area contributed by atoms with E-state index in [0.29, 0.717) is 17.8 Å². The van der Waals surface area contributed by atoms with Gasteiger partial charge in [-0.15, -0.1) is 0 Å². The fraction of sp³-hybridized carbons (Fsp3) is 0.211. The molecular weight excluding hydrogens is 380 g/mol. The molecule has 0 fully saturated rings. The Kier molecular flexibility index (Phi) is 5.46. The first kappa shape index (κ1) is 17.2. The molecule has 2 aromatic heterocycles. The van der Waals surface area contributed by atoms with E-state index in [9.17, 15) is 4.79 Å². The highest BCUT2D eigenvalue weighted by molar-refractivity contribution is 9.09. The zero-order valence-electron chi connectivity index (χ0n) is 13.8. The van der Waals surface area contributed by atoms with Crippen LogP contribution in [0.25, 0.3) is 5.65 Å². The molecule has 0 unspecified atom stereocenters. The minimum atomic E-state index is -0.0829. The highest BCUT2D eigenvalue weighted by atomic mass is 79.9. The van der Waals surface area contributed by atoms with Crippen molar-refractivity contribution in [1.82, 2.24) is 19.9 Å². The maximum atomic E-state index is 12.2. The Labute approximate surface area is 154 Å². The molecular formula is C19H17BrN4O. The number of carbonyl (C=O) groups is 1. The fourth-order valence-electron chi connectivity index (χ4n) is 2.31. The van der Waals surface area contributed by atoms with Gasteiger partial charge in [0.1, 0.15) is 5.69 Å². The van der Waals surface area contributed by atoms with Crippen LogP contribution in [0, 0.1) is 18.8 Å². The number of imidazole rings is 1. The van der Waals surface area contributed by atoms with Gasteiger partial charge >= 0.3 is 0 Å². The number of benzene rings is 1. The third-order valence-corrected chi connectivity index (χ3v) is 4.26. The van der Waals surface area contributed by atoms with Crippen molar-refractivity contribution in [3.05, 3.63) is 65.1 Å². The Bertz CT molecular complexity index is 968. The zero-order chi connectivity index (χ0) is 17.6. The van der Waals surface area contributed by atoms with Crippen LogP contribution >= 0.6 is 15.9 Å². The Balaban J connectivity index is 1.86. The molecule has 1 amide bonds. The van der Waals surface area contributed by atoms with Crippen LogP contribution in [0.1, 0.15) is 33.6 Å². The molecule has 5 nitrogen and oxygen atoms in total. The monoisotopic (exact) mass is 396 g/mol. The van der Waals surface area contributed by atoms with E-state index in [0.717, 1.165) is 28.5 Å². The number of amides is 1. The van der Waals surface area contributed by atoms with Gasteiger partial charge in [0, 0.05) is 29.2 Å². The van der Waals surface area contributed by atoms with Crippen LogP contribution in [-0.2, 0) is 0 Å². The average molecular weight is 397 g/mol. The molecule has 0 saturated heterocycles. The molecule has 126 valence electrons. The number of nitrogens with zero attached hydrogens (tertiary/aromatic N) is 3. The minimum absolute atomic E-state index is 0.0829. The number of halogens is 1.